The Morgan fingerprint density at radius 2 is 1.97 bits per heavy atom. The normalized spacial score (nSPS) is 17.8. The zero-order valence-corrected chi connectivity index (χ0v) is 19.3. The van der Waals surface area contributed by atoms with Gasteiger partial charge in [-0.25, -0.2) is 23.4 Å². The molecule has 1 aliphatic rings. The standard InChI is InChI=1S/C20H28ClN5O3S/c1-12-17(14-5-8-23-19(16(14)21)30(4,28)29)25-15(11-27)18(24-12)26-9-6-20(3,7-10-26)13(2)22/h5,8,13,27H,6-7,9-11,22H2,1-4H3. The Hall–Kier alpha value is -1.81. The fourth-order valence-corrected chi connectivity index (χ4v) is 5.02. The highest BCUT2D eigenvalue weighted by molar-refractivity contribution is 7.90. The van der Waals surface area contributed by atoms with Crippen LogP contribution in [0.2, 0.25) is 5.02 Å². The van der Waals surface area contributed by atoms with Crippen molar-refractivity contribution in [1.29, 1.82) is 0 Å². The van der Waals surface area contributed by atoms with Crippen LogP contribution in [0.3, 0.4) is 0 Å². The molecule has 0 aromatic carbocycles. The van der Waals surface area contributed by atoms with Gasteiger partial charge in [0.2, 0.25) is 0 Å². The maximum Gasteiger partial charge on any atom is 0.194 e. The van der Waals surface area contributed by atoms with E-state index < -0.39 is 9.84 Å². The van der Waals surface area contributed by atoms with Crippen molar-refractivity contribution >= 4 is 27.3 Å². The molecule has 8 nitrogen and oxygen atoms in total. The molecule has 1 atom stereocenters. The largest absolute Gasteiger partial charge is 0.390 e. The van der Waals surface area contributed by atoms with Crippen LogP contribution in [0.4, 0.5) is 5.82 Å². The minimum atomic E-state index is -3.60. The van der Waals surface area contributed by atoms with Gasteiger partial charge in [0, 0.05) is 37.1 Å². The number of hydrogen-bond donors (Lipinski definition) is 2. The summed E-state index contributed by atoms with van der Waals surface area (Å²) < 4.78 is 23.9. The number of aromatic nitrogens is 3. The van der Waals surface area contributed by atoms with Crippen LogP contribution in [-0.2, 0) is 16.4 Å². The number of halogens is 1. The third-order valence-electron chi connectivity index (χ3n) is 6.04. The highest BCUT2D eigenvalue weighted by Crippen LogP contribution is 2.37. The topological polar surface area (TPSA) is 122 Å². The lowest BCUT2D eigenvalue weighted by molar-refractivity contribution is 0.204. The first kappa shape index (κ1) is 22.9. The van der Waals surface area contributed by atoms with Gasteiger partial charge in [-0.15, -0.1) is 0 Å². The molecule has 10 heteroatoms. The van der Waals surface area contributed by atoms with E-state index in [2.05, 4.69) is 21.8 Å². The van der Waals surface area contributed by atoms with E-state index in [1.807, 2.05) is 6.92 Å². The molecule has 0 spiro atoms. The molecule has 0 aliphatic carbocycles. The van der Waals surface area contributed by atoms with Crippen molar-refractivity contribution in [2.75, 3.05) is 24.2 Å². The Bertz CT molecular complexity index is 1050. The van der Waals surface area contributed by atoms with Gasteiger partial charge >= 0.3 is 0 Å². The maximum absolute atomic E-state index is 12.0. The average Bonchev–Trinajstić information content (AvgIpc) is 2.68. The fraction of sp³-hybridized carbons (Fsp3) is 0.550. The van der Waals surface area contributed by atoms with Gasteiger partial charge in [-0.05, 0) is 38.2 Å². The first-order valence-corrected chi connectivity index (χ1v) is 12.1. The predicted octanol–water partition coefficient (Wildman–Crippen LogP) is 2.35. The summed E-state index contributed by atoms with van der Waals surface area (Å²) >= 11 is 6.35. The van der Waals surface area contributed by atoms with Crippen LogP contribution < -0.4 is 10.6 Å². The fourth-order valence-electron chi connectivity index (χ4n) is 3.71. The van der Waals surface area contributed by atoms with Gasteiger partial charge in [0.05, 0.1) is 23.0 Å². The Balaban J connectivity index is 2.01. The molecule has 164 valence electrons. The van der Waals surface area contributed by atoms with Gasteiger partial charge in [0.25, 0.3) is 0 Å². The first-order valence-electron chi connectivity index (χ1n) is 9.82. The van der Waals surface area contributed by atoms with Crippen molar-refractivity contribution in [3.8, 4) is 11.3 Å². The van der Waals surface area contributed by atoms with E-state index in [1.54, 1.807) is 13.0 Å². The molecule has 1 fully saturated rings. The van der Waals surface area contributed by atoms with Gasteiger partial charge in [0.15, 0.2) is 20.7 Å². The number of anilines is 1. The summed E-state index contributed by atoms with van der Waals surface area (Å²) in [6.07, 6.45) is 4.28. The van der Waals surface area contributed by atoms with Crippen molar-refractivity contribution in [2.45, 2.75) is 51.3 Å². The van der Waals surface area contributed by atoms with E-state index in [0.717, 1.165) is 32.2 Å². The molecule has 3 heterocycles. The van der Waals surface area contributed by atoms with E-state index in [-0.39, 0.29) is 28.1 Å². The third kappa shape index (κ3) is 4.30. The zero-order chi connectivity index (χ0) is 22.3. The number of aliphatic hydroxyl groups is 1. The Kier molecular flexibility index (Phi) is 6.38. The number of nitrogens with zero attached hydrogens (tertiary/aromatic N) is 4. The summed E-state index contributed by atoms with van der Waals surface area (Å²) in [6.45, 7) is 7.28. The molecule has 3 N–H and O–H groups in total. The Morgan fingerprint density at radius 1 is 1.33 bits per heavy atom. The lowest BCUT2D eigenvalue weighted by atomic mass is 9.75. The van der Waals surface area contributed by atoms with Gasteiger partial charge in [-0.1, -0.05) is 18.5 Å². The maximum atomic E-state index is 12.0. The number of rotatable bonds is 5. The number of hydrogen-bond acceptors (Lipinski definition) is 8. The van der Waals surface area contributed by atoms with Crippen LogP contribution in [0.1, 0.15) is 38.1 Å². The van der Waals surface area contributed by atoms with Crippen LogP contribution in [0.25, 0.3) is 11.3 Å². The highest BCUT2D eigenvalue weighted by atomic mass is 35.5. The van der Waals surface area contributed by atoms with Crippen LogP contribution in [0.15, 0.2) is 17.3 Å². The van der Waals surface area contributed by atoms with Crippen molar-refractivity contribution in [3.05, 3.63) is 28.7 Å². The van der Waals surface area contributed by atoms with Crippen molar-refractivity contribution in [1.82, 2.24) is 15.0 Å². The molecule has 2 aromatic heterocycles. The molecule has 2 aromatic rings. The lowest BCUT2D eigenvalue weighted by Gasteiger charge is -2.42. The van der Waals surface area contributed by atoms with E-state index in [4.69, 9.17) is 22.3 Å². The monoisotopic (exact) mass is 453 g/mol. The summed E-state index contributed by atoms with van der Waals surface area (Å²) in [5, 5.41) is 9.76. The SMILES string of the molecule is Cc1nc(N2CCC(C)(C(C)N)CC2)c(CO)nc1-c1ccnc(S(C)(=O)=O)c1Cl. The minimum Gasteiger partial charge on any atom is -0.390 e. The molecule has 0 radical (unpaired) electrons. The van der Waals surface area contributed by atoms with E-state index in [0.29, 0.717) is 28.5 Å². The predicted molar refractivity (Wildman–Crippen MR) is 117 cm³/mol. The summed E-state index contributed by atoms with van der Waals surface area (Å²) in [7, 11) is -3.60. The average molecular weight is 454 g/mol. The van der Waals surface area contributed by atoms with Gasteiger partial charge in [-0.2, -0.15) is 0 Å². The number of nitrogens with two attached hydrogens (primary N) is 1. The summed E-state index contributed by atoms with van der Waals surface area (Å²) in [4.78, 5) is 15.3. The van der Waals surface area contributed by atoms with Gasteiger partial charge in [-0.3, -0.25) is 0 Å². The van der Waals surface area contributed by atoms with Gasteiger partial charge < -0.3 is 15.7 Å². The number of aliphatic hydroxyl groups excluding tert-OH is 1. The summed E-state index contributed by atoms with van der Waals surface area (Å²) in [5.41, 5.74) is 8.10. The molecule has 3 rings (SSSR count). The Labute approximate surface area is 182 Å². The quantitative estimate of drug-likeness (QED) is 0.707. The molecule has 0 saturated carbocycles. The van der Waals surface area contributed by atoms with Gasteiger partial charge in [0.1, 0.15) is 5.69 Å². The molecule has 1 unspecified atom stereocenters. The van der Waals surface area contributed by atoms with Crippen LogP contribution in [0, 0.1) is 12.3 Å². The molecule has 1 saturated heterocycles. The number of sulfone groups is 1. The summed E-state index contributed by atoms with van der Waals surface area (Å²) in [6, 6.07) is 1.70. The Morgan fingerprint density at radius 3 is 2.50 bits per heavy atom. The minimum absolute atomic E-state index is 0.000266. The van der Waals surface area contributed by atoms with E-state index >= 15 is 0 Å². The van der Waals surface area contributed by atoms with Crippen LogP contribution >= 0.6 is 11.6 Å². The third-order valence-corrected chi connectivity index (χ3v) is 7.55. The second-order valence-corrected chi connectivity index (χ2v) is 10.6. The molecule has 0 amide bonds. The van der Waals surface area contributed by atoms with Crippen LogP contribution in [0.5, 0.6) is 0 Å². The molecular formula is C20H28ClN5O3S. The number of aryl methyl sites for hydroxylation is 1. The second-order valence-electron chi connectivity index (χ2n) is 8.27. The molecular weight excluding hydrogens is 426 g/mol. The zero-order valence-electron chi connectivity index (χ0n) is 17.7. The van der Waals surface area contributed by atoms with Crippen molar-refractivity contribution in [2.24, 2.45) is 11.1 Å². The van der Waals surface area contributed by atoms with Crippen molar-refractivity contribution < 1.29 is 13.5 Å². The van der Waals surface area contributed by atoms with E-state index in [9.17, 15) is 13.5 Å². The smallest absolute Gasteiger partial charge is 0.194 e. The molecule has 1 aliphatic heterocycles. The molecule has 0 bridgehead atoms. The van der Waals surface area contributed by atoms with E-state index in [1.165, 1.54) is 6.20 Å². The highest BCUT2D eigenvalue weighted by Gasteiger charge is 2.34. The number of pyridine rings is 1. The lowest BCUT2D eigenvalue weighted by Crippen LogP contribution is -2.47. The van der Waals surface area contributed by atoms with Crippen LogP contribution in [-0.4, -0.2) is 53.9 Å². The number of piperidine rings is 1. The first-order chi connectivity index (χ1) is 14.0. The second kappa shape index (κ2) is 8.37. The van der Waals surface area contributed by atoms with Crippen molar-refractivity contribution in [3.63, 3.8) is 0 Å². The summed E-state index contributed by atoms with van der Waals surface area (Å²) in [5.74, 6) is 0.638. The molecule has 30 heavy (non-hydrogen) atoms.